The van der Waals surface area contributed by atoms with Crippen molar-refractivity contribution in [3.8, 4) is 12.3 Å². The van der Waals surface area contributed by atoms with Crippen LogP contribution in [-0.4, -0.2) is 5.78 Å². The van der Waals surface area contributed by atoms with E-state index in [-0.39, 0.29) is 5.78 Å². The van der Waals surface area contributed by atoms with E-state index < -0.39 is 5.41 Å². The number of terminal acetylenes is 1. The third-order valence-corrected chi connectivity index (χ3v) is 2.08. The first-order valence-electron chi connectivity index (χ1n) is 3.94. The zero-order valence-electron chi connectivity index (χ0n) is 7.42. The fourth-order valence-electron chi connectivity index (χ4n) is 1.37. The maximum atomic E-state index is 11.4. The Morgan fingerprint density at radius 1 is 1.58 bits per heavy atom. The van der Waals surface area contributed by atoms with Crippen molar-refractivity contribution < 1.29 is 4.79 Å². The molecule has 0 saturated carbocycles. The van der Waals surface area contributed by atoms with Crippen molar-refractivity contribution in [1.29, 1.82) is 0 Å². The zero-order chi connectivity index (χ0) is 9.19. The molecule has 1 rings (SSSR count). The Morgan fingerprint density at radius 3 is 2.83 bits per heavy atom. The molecule has 1 heteroatoms. The maximum Gasteiger partial charge on any atom is 0.166 e. The molecular weight excluding hydrogens is 148 g/mol. The van der Waals surface area contributed by atoms with Gasteiger partial charge in [0.05, 0.1) is 5.41 Å². The number of allylic oxidation sites excluding steroid dienone is 4. The zero-order valence-corrected chi connectivity index (χ0v) is 7.42. The molecule has 0 amide bonds. The molecule has 12 heavy (non-hydrogen) atoms. The average Bonchev–Trinajstić information content (AvgIpc) is 1.98. The van der Waals surface area contributed by atoms with Gasteiger partial charge in [0.15, 0.2) is 5.78 Å². The van der Waals surface area contributed by atoms with E-state index in [9.17, 15) is 4.79 Å². The van der Waals surface area contributed by atoms with Crippen molar-refractivity contribution in [2.45, 2.75) is 20.3 Å². The summed E-state index contributed by atoms with van der Waals surface area (Å²) in [5.74, 6) is 2.63. The van der Waals surface area contributed by atoms with Crippen LogP contribution in [0.4, 0.5) is 0 Å². The van der Waals surface area contributed by atoms with Gasteiger partial charge in [0, 0.05) is 6.42 Å². The second-order valence-corrected chi connectivity index (χ2v) is 3.38. The minimum absolute atomic E-state index is 0.103. The van der Waals surface area contributed by atoms with E-state index in [0.717, 1.165) is 5.57 Å². The van der Waals surface area contributed by atoms with Crippen molar-refractivity contribution in [3.63, 3.8) is 0 Å². The Kier molecular flexibility index (Phi) is 2.19. The van der Waals surface area contributed by atoms with E-state index >= 15 is 0 Å². The Balaban J connectivity index is 2.98. The van der Waals surface area contributed by atoms with Gasteiger partial charge in [-0.25, -0.2) is 0 Å². The fraction of sp³-hybridized carbons (Fsp3) is 0.364. The van der Waals surface area contributed by atoms with Gasteiger partial charge in [-0.1, -0.05) is 17.7 Å². The number of hydrogen-bond acceptors (Lipinski definition) is 1. The summed E-state index contributed by atoms with van der Waals surface area (Å²) in [4.78, 5) is 11.4. The van der Waals surface area contributed by atoms with Gasteiger partial charge >= 0.3 is 0 Å². The molecule has 0 aromatic heterocycles. The first-order valence-corrected chi connectivity index (χ1v) is 3.94. The number of ketones is 1. The number of rotatable bonds is 1. The van der Waals surface area contributed by atoms with Crippen molar-refractivity contribution in [2.24, 2.45) is 5.41 Å². The van der Waals surface area contributed by atoms with Crippen LogP contribution in [-0.2, 0) is 4.79 Å². The molecule has 1 nitrogen and oxygen atoms in total. The Morgan fingerprint density at radius 2 is 2.25 bits per heavy atom. The Labute approximate surface area is 73.2 Å². The third-order valence-electron chi connectivity index (χ3n) is 2.08. The largest absolute Gasteiger partial charge is 0.294 e. The van der Waals surface area contributed by atoms with Crippen LogP contribution in [0.2, 0.25) is 0 Å². The maximum absolute atomic E-state index is 11.4. The highest BCUT2D eigenvalue weighted by Gasteiger charge is 2.29. The highest BCUT2D eigenvalue weighted by Crippen LogP contribution is 2.29. The molecule has 0 aromatic rings. The molecule has 1 aliphatic rings. The predicted molar refractivity (Wildman–Crippen MR) is 49.5 cm³/mol. The lowest BCUT2D eigenvalue weighted by atomic mass is 9.78. The lowest BCUT2D eigenvalue weighted by molar-refractivity contribution is -0.120. The van der Waals surface area contributed by atoms with E-state index in [4.69, 9.17) is 6.42 Å². The molecule has 1 atom stereocenters. The molecule has 0 aliphatic heterocycles. The van der Waals surface area contributed by atoms with Gasteiger partial charge < -0.3 is 0 Å². The van der Waals surface area contributed by atoms with E-state index in [1.54, 1.807) is 6.08 Å². The molecule has 1 aliphatic carbocycles. The summed E-state index contributed by atoms with van der Waals surface area (Å²) in [6.45, 7) is 3.85. The van der Waals surface area contributed by atoms with Gasteiger partial charge in [-0.2, -0.15) is 0 Å². The number of carbonyl (C=O) groups is 1. The molecule has 0 saturated heterocycles. The average molecular weight is 160 g/mol. The van der Waals surface area contributed by atoms with E-state index in [1.807, 2.05) is 26.0 Å². The monoisotopic (exact) mass is 160 g/mol. The molecule has 0 heterocycles. The topological polar surface area (TPSA) is 17.1 Å². The molecule has 0 spiro atoms. The second kappa shape index (κ2) is 2.98. The van der Waals surface area contributed by atoms with Crippen LogP contribution in [0.25, 0.3) is 0 Å². The van der Waals surface area contributed by atoms with Crippen molar-refractivity contribution in [3.05, 3.63) is 23.8 Å². The minimum Gasteiger partial charge on any atom is -0.294 e. The van der Waals surface area contributed by atoms with E-state index in [2.05, 4.69) is 5.92 Å². The highest BCUT2D eigenvalue weighted by atomic mass is 16.1. The smallest absolute Gasteiger partial charge is 0.166 e. The highest BCUT2D eigenvalue weighted by molar-refractivity contribution is 5.98. The van der Waals surface area contributed by atoms with Gasteiger partial charge in [0.1, 0.15) is 0 Å². The van der Waals surface area contributed by atoms with Gasteiger partial charge in [-0.3, -0.25) is 4.79 Å². The van der Waals surface area contributed by atoms with Gasteiger partial charge in [0.25, 0.3) is 0 Å². The minimum atomic E-state index is -0.465. The van der Waals surface area contributed by atoms with Crippen LogP contribution in [0.5, 0.6) is 0 Å². The number of hydrogen-bond donors (Lipinski definition) is 0. The summed E-state index contributed by atoms with van der Waals surface area (Å²) in [7, 11) is 0. The van der Waals surface area contributed by atoms with Gasteiger partial charge in [-0.05, 0) is 19.9 Å². The molecule has 0 N–H and O–H groups in total. The van der Waals surface area contributed by atoms with Gasteiger partial charge in [-0.15, -0.1) is 12.3 Å². The molecular formula is C11H12O. The third kappa shape index (κ3) is 1.48. The fourth-order valence-corrected chi connectivity index (χ4v) is 1.37. The standard InChI is InChI=1S/C11H12O/c1-4-7-11(3)8-9(2)5-6-10(11)12/h1,5-6,8H,7H2,2-3H3. The van der Waals surface area contributed by atoms with Crippen LogP contribution < -0.4 is 0 Å². The Bertz CT molecular complexity index is 301. The van der Waals surface area contributed by atoms with E-state index in [0.29, 0.717) is 6.42 Å². The molecule has 1 unspecified atom stereocenters. The lowest BCUT2D eigenvalue weighted by Crippen LogP contribution is -2.25. The van der Waals surface area contributed by atoms with Crippen LogP contribution in [0.1, 0.15) is 20.3 Å². The summed E-state index contributed by atoms with van der Waals surface area (Å²) in [5, 5.41) is 0. The van der Waals surface area contributed by atoms with Crippen LogP contribution in [0.15, 0.2) is 23.8 Å². The summed E-state index contributed by atoms with van der Waals surface area (Å²) in [6, 6.07) is 0. The summed E-state index contributed by atoms with van der Waals surface area (Å²) < 4.78 is 0. The molecule has 0 bridgehead atoms. The van der Waals surface area contributed by atoms with Crippen LogP contribution in [0.3, 0.4) is 0 Å². The first-order chi connectivity index (χ1) is 5.58. The molecule has 0 radical (unpaired) electrons. The van der Waals surface area contributed by atoms with Crippen LogP contribution >= 0.6 is 0 Å². The van der Waals surface area contributed by atoms with Gasteiger partial charge in [0.2, 0.25) is 0 Å². The SMILES string of the molecule is C#CCC1(C)C=C(C)C=CC1=O. The van der Waals surface area contributed by atoms with Crippen molar-refractivity contribution in [1.82, 2.24) is 0 Å². The predicted octanol–water partition coefficient (Wildman–Crippen LogP) is 2.10. The Hall–Kier alpha value is -1.29. The quantitative estimate of drug-likeness (QED) is 0.537. The lowest BCUT2D eigenvalue weighted by Gasteiger charge is -2.23. The van der Waals surface area contributed by atoms with Crippen molar-refractivity contribution in [2.75, 3.05) is 0 Å². The van der Waals surface area contributed by atoms with E-state index in [1.165, 1.54) is 0 Å². The molecule has 0 fully saturated rings. The molecule has 62 valence electrons. The summed E-state index contributed by atoms with van der Waals surface area (Å²) >= 11 is 0. The summed E-state index contributed by atoms with van der Waals surface area (Å²) in [6.07, 6.45) is 11.0. The summed E-state index contributed by atoms with van der Waals surface area (Å²) in [5.41, 5.74) is 0.639. The van der Waals surface area contributed by atoms with Crippen molar-refractivity contribution >= 4 is 5.78 Å². The number of carbonyl (C=O) groups excluding carboxylic acids is 1. The normalized spacial score (nSPS) is 28.1. The second-order valence-electron chi connectivity index (χ2n) is 3.38. The molecule has 0 aromatic carbocycles. The van der Waals surface area contributed by atoms with Crippen LogP contribution in [0, 0.1) is 17.8 Å². The first kappa shape index (κ1) is 8.80.